The molecular weight excluding hydrogens is 318 g/mol. The number of aryl methyl sites for hydroxylation is 1. The minimum absolute atomic E-state index is 0.216. The molecule has 1 heterocycles. The Balaban J connectivity index is 2.36. The summed E-state index contributed by atoms with van der Waals surface area (Å²) < 4.78 is 32.5. The van der Waals surface area contributed by atoms with Crippen molar-refractivity contribution in [1.82, 2.24) is 4.98 Å². The van der Waals surface area contributed by atoms with Gasteiger partial charge >= 0.3 is 0 Å². The van der Waals surface area contributed by atoms with Crippen LogP contribution in [0.2, 0.25) is 0 Å². The SMILES string of the molecule is Cc1cc(CN)cnc1Oc1cc(Br)cc(F)c1F. The van der Waals surface area contributed by atoms with Crippen LogP contribution in [0.5, 0.6) is 11.6 Å². The highest BCUT2D eigenvalue weighted by Crippen LogP contribution is 2.30. The molecule has 0 aliphatic carbocycles. The second-order valence-corrected chi connectivity index (χ2v) is 4.89. The van der Waals surface area contributed by atoms with Crippen LogP contribution in [0, 0.1) is 18.6 Å². The van der Waals surface area contributed by atoms with Crippen molar-refractivity contribution in [1.29, 1.82) is 0 Å². The van der Waals surface area contributed by atoms with Crippen LogP contribution in [0.25, 0.3) is 0 Å². The van der Waals surface area contributed by atoms with Crippen molar-refractivity contribution in [3.05, 3.63) is 51.6 Å². The first-order chi connectivity index (χ1) is 9.01. The van der Waals surface area contributed by atoms with Gasteiger partial charge in [-0.3, -0.25) is 0 Å². The molecule has 0 radical (unpaired) electrons. The van der Waals surface area contributed by atoms with E-state index in [4.69, 9.17) is 10.5 Å². The minimum atomic E-state index is -1.05. The average molecular weight is 329 g/mol. The fraction of sp³-hybridized carbons (Fsp3) is 0.154. The molecular formula is C13H11BrF2N2O. The maximum Gasteiger partial charge on any atom is 0.222 e. The van der Waals surface area contributed by atoms with Crippen molar-refractivity contribution in [2.45, 2.75) is 13.5 Å². The van der Waals surface area contributed by atoms with E-state index in [1.54, 1.807) is 13.0 Å². The van der Waals surface area contributed by atoms with Crippen LogP contribution in [0.3, 0.4) is 0 Å². The zero-order valence-electron chi connectivity index (χ0n) is 10.1. The fourth-order valence-electron chi connectivity index (χ4n) is 1.55. The van der Waals surface area contributed by atoms with Gasteiger partial charge in [0.2, 0.25) is 11.7 Å². The number of aromatic nitrogens is 1. The van der Waals surface area contributed by atoms with Crippen LogP contribution in [-0.2, 0) is 6.54 Å². The van der Waals surface area contributed by atoms with Gasteiger partial charge in [-0.25, -0.2) is 9.37 Å². The van der Waals surface area contributed by atoms with Crippen LogP contribution in [-0.4, -0.2) is 4.98 Å². The average Bonchev–Trinajstić information content (AvgIpc) is 2.37. The molecule has 0 atom stereocenters. The summed E-state index contributed by atoms with van der Waals surface area (Å²) in [5.74, 6) is -2.04. The molecule has 0 unspecified atom stereocenters. The summed E-state index contributed by atoms with van der Waals surface area (Å²) in [4.78, 5) is 4.04. The Labute approximate surface area is 117 Å². The molecule has 0 aliphatic rings. The molecule has 1 aromatic carbocycles. The third-order valence-electron chi connectivity index (χ3n) is 2.49. The maximum absolute atomic E-state index is 13.6. The van der Waals surface area contributed by atoms with Crippen molar-refractivity contribution in [3.8, 4) is 11.6 Å². The van der Waals surface area contributed by atoms with Crippen molar-refractivity contribution >= 4 is 15.9 Å². The third-order valence-corrected chi connectivity index (χ3v) is 2.95. The molecule has 0 bridgehead atoms. The quantitative estimate of drug-likeness (QED) is 0.874. The Morgan fingerprint density at radius 3 is 2.68 bits per heavy atom. The molecule has 0 amide bonds. The Morgan fingerprint density at radius 2 is 2.05 bits per heavy atom. The third kappa shape index (κ3) is 3.08. The molecule has 0 aliphatic heterocycles. The van der Waals surface area contributed by atoms with E-state index in [0.717, 1.165) is 11.6 Å². The van der Waals surface area contributed by atoms with Gasteiger partial charge in [0, 0.05) is 22.8 Å². The normalized spacial score (nSPS) is 10.6. The van der Waals surface area contributed by atoms with Gasteiger partial charge in [0.25, 0.3) is 0 Å². The van der Waals surface area contributed by atoms with Crippen molar-refractivity contribution in [2.75, 3.05) is 0 Å². The van der Waals surface area contributed by atoms with E-state index < -0.39 is 11.6 Å². The van der Waals surface area contributed by atoms with E-state index in [0.29, 0.717) is 16.6 Å². The molecule has 6 heteroatoms. The van der Waals surface area contributed by atoms with E-state index in [9.17, 15) is 8.78 Å². The van der Waals surface area contributed by atoms with Crippen LogP contribution in [0.1, 0.15) is 11.1 Å². The lowest BCUT2D eigenvalue weighted by Gasteiger charge is -2.10. The highest BCUT2D eigenvalue weighted by Gasteiger charge is 2.14. The van der Waals surface area contributed by atoms with E-state index in [2.05, 4.69) is 20.9 Å². The zero-order valence-corrected chi connectivity index (χ0v) is 11.7. The van der Waals surface area contributed by atoms with E-state index in [1.165, 1.54) is 12.3 Å². The van der Waals surface area contributed by atoms with E-state index >= 15 is 0 Å². The lowest BCUT2D eigenvalue weighted by Crippen LogP contribution is -2.00. The number of nitrogens with zero attached hydrogens (tertiary/aromatic N) is 1. The standard InChI is InChI=1S/C13H11BrF2N2O/c1-7-2-8(5-17)6-18-13(7)19-11-4-9(14)3-10(15)12(11)16/h2-4,6H,5,17H2,1H3. The van der Waals surface area contributed by atoms with Gasteiger partial charge < -0.3 is 10.5 Å². The predicted molar refractivity (Wildman–Crippen MR) is 71.0 cm³/mol. The Hall–Kier alpha value is -1.53. The molecule has 1 aromatic heterocycles. The fourth-order valence-corrected chi connectivity index (χ4v) is 1.96. The summed E-state index contributed by atoms with van der Waals surface area (Å²) in [6.45, 7) is 2.11. The van der Waals surface area contributed by atoms with Gasteiger partial charge in [0.15, 0.2) is 11.6 Å². The second-order valence-electron chi connectivity index (χ2n) is 3.97. The first-order valence-electron chi connectivity index (χ1n) is 5.49. The molecule has 2 rings (SSSR count). The lowest BCUT2D eigenvalue weighted by atomic mass is 10.2. The summed E-state index contributed by atoms with van der Waals surface area (Å²) in [6.07, 6.45) is 1.54. The number of hydrogen-bond acceptors (Lipinski definition) is 3. The first-order valence-corrected chi connectivity index (χ1v) is 6.28. The summed E-state index contributed by atoms with van der Waals surface area (Å²) in [7, 11) is 0. The van der Waals surface area contributed by atoms with E-state index in [1.807, 2.05) is 0 Å². The molecule has 0 saturated carbocycles. The highest BCUT2D eigenvalue weighted by atomic mass is 79.9. The Bertz CT molecular complexity index is 620. The molecule has 19 heavy (non-hydrogen) atoms. The molecule has 0 saturated heterocycles. The van der Waals surface area contributed by atoms with Crippen LogP contribution < -0.4 is 10.5 Å². The molecule has 0 spiro atoms. The van der Waals surface area contributed by atoms with Crippen molar-refractivity contribution in [2.24, 2.45) is 5.73 Å². The Kier molecular flexibility index (Phi) is 4.11. The number of rotatable bonds is 3. The molecule has 2 N–H and O–H groups in total. The zero-order chi connectivity index (χ0) is 14.0. The number of halogens is 3. The van der Waals surface area contributed by atoms with Crippen molar-refractivity contribution < 1.29 is 13.5 Å². The number of benzene rings is 1. The van der Waals surface area contributed by atoms with Crippen LogP contribution in [0.4, 0.5) is 8.78 Å². The summed E-state index contributed by atoms with van der Waals surface area (Å²) in [5, 5.41) is 0. The second kappa shape index (κ2) is 5.63. The molecule has 100 valence electrons. The first kappa shape index (κ1) is 13.9. The van der Waals surface area contributed by atoms with Gasteiger partial charge in [-0.15, -0.1) is 0 Å². The molecule has 2 aromatic rings. The van der Waals surface area contributed by atoms with Gasteiger partial charge in [0.05, 0.1) is 0 Å². The van der Waals surface area contributed by atoms with E-state index in [-0.39, 0.29) is 11.6 Å². The highest BCUT2D eigenvalue weighted by molar-refractivity contribution is 9.10. The Morgan fingerprint density at radius 1 is 1.32 bits per heavy atom. The smallest absolute Gasteiger partial charge is 0.222 e. The predicted octanol–water partition coefficient (Wildman–Crippen LogP) is 3.68. The summed E-state index contributed by atoms with van der Waals surface area (Å²) >= 11 is 3.08. The maximum atomic E-state index is 13.6. The number of pyridine rings is 1. The lowest BCUT2D eigenvalue weighted by molar-refractivity contribution is 0.402. The summed E-state index contributed by atoms with van der Waals surface area (Å²) in [6, 6.07) is 4.16. The van der Waals surface area contributed by atoms with Crippen LogP contribution in [0.15, 0.2) is 28.9 Å². The van der Waals surface area contributed by atoms with Gasteiger partial charge in [-0.2, -0.15) is 4.39 Å². The van der Waals surface area contributed by atoms with Crippen LogP contribution >= 0.6 is 15.9 Å². The molecule has 3 nitrogen and oxygen atoms in total. The van der Waals surface area contributed by atoms with Gasteiger partial charge in [0.1, 0.15) is 0 Å². The summed E-state index contributed by atoms with van der Waals surface area (Å²) in [5.41, 5.74) is 7.02. The topological polar surface area (TPSA) is 48.1 Å². The number of hydrogen-bond donors (Lipinski definition) is 1. The minimum Gasteiger partial charge on any atom is -0.436 e. The van der Waals surface area contributed by atoms with Gasteiger partial charge in [-0.1, -0.05) is 15.9 Å². The van der Waals surface area contributed by atoms with Gasteiger partial charge in [-0.05, 0) is 30.7 Å². The number of nitrogens with two attached hydrogens (primary N) is 1. The molecule has 0 fully saturated rings. The largest absolute Gasteiger partial charge is 0.436 e. The number of ether oxygens (including phenoxy) is 1. The monoisotopic (exact) mass is 328 g/mol. The van der Waals surface area contributed by atoms with Crippen molar-refractivity contribution in [3.63, 3.8) is 0 Å².